The number of aromatic nitrogens is 1. The summed E-state index contributed by atoms with van der Waals surface area (Å²) in [5.74, 6) is 1.77. The molecule has 1 heterocycles. The van der Waals surface area contributed by atoms with Crippen molar-refractivity contribution in [1.29, 1.82) is 0 Å². The highest BCUT2D eigenvalue weighted by molar-refractivity contribution is 5.58. The normalized spacial score (nSPS) is 11.6. The van der Waals surface area contributed by atoms with Gasteiger partial charge in [-0.3, -0.25) is 4.98 Å². The summed E-state index contributed by atoms with van der Waals surface area (Å²) >= 11 is 0. The number of nitrogens with zero attached hydrogens (tertiary/aromatic N) is 1. The van der Waals surface area contributed by atoms with Crippen molar-refractivity contribution in [3.63, 3.8) is 0 Å². The lowest BCUT2D eigenvalue weighted by Gasteiger charge is -2.10. The molecule has 1 heteroatoms. The number of hydrogen-bond donors (Lipinski definition) is 0. The van der Waals surface area contributed by atoms with Crippen molar-refractivity contribution in [2.75, 3.05) is 0 Å². The highest BCUT2D eigenvalue weighted by atomic mass is 14.7. The van der Waals surface area contributed by atoms with E-state index in [9.17, 15) is 0 Å². The predicted octanol–water partition coefficient (Wildman–Crippen LogP) is 5.44. The molecule has 1 atom stereocenters. The molecule has 0 bridgehead atoms. The fourth-order valence-electron chi connectivity index (χ4n) is 1.61. The van der Waals surface area contributed by atoms with E-state index < -0.39 is 0 Å². The van der Waals surface area contributed by atoms with Gasteiger partial charge in [0.05, 0.1) is 5.69 Å². The molecule has 0 amide bonds. The third-order valence-electron chi connectivity index (χ3n) is 3.52. The summed E-state index contributed by atoms with van der Waals surface area (Å²) in [6, 6.07) is 16.1. The number of rotatable bonds is 3. The summed E-state index contributed by atoms with van der Waals surface area (Å²) in [7, 11) is 0. The molecule has 0 radical (unpaired) electrons. The van der Waals surface area contributed by atoms with Gasteiger partial charge in [-0.25, -0.2) is 0 Å². The van der Waals surface area contributed by atoms with Gasteiger partial charge in [0, 0.05) is 11.8 Å². The molecule has 19 heavy (non-hydrogen) atoms. The Labute approximate surface area is 117 Å². The van der Waals surface area contributed by atoms with Crippen molar-refractivity contribution >= 4 is 0 Å². The first-order valence-electron chi connectivity index (χ1n) is 7.11. The average Bonchev–Trinajstić information content (AvgIpc) is 2.49. The maximum absolute atomic E-state index is 4.25. The van der Waals surface area contributed by atoms with Crippen molar-refractivity contribution < 1.29 is 0 Å². The SMILES string of the molecule is CCC(C)C(C)C.c1ccc(-c2ccccn2)cc1. The van der Waals surface area contributed by atoms with Crippen LogP contribution in [0.5, 0.6) is 0 Å². The van der Waals surface area contributed by atoms with E-state index in [1.165, 1.54) is 6.42 Å². The summed E-state index contributed by atoms with van der Waals surface area (Å²) in [5.41, 5.74) is 2.19. The second kappa shape index (κ2) is 8.47. The van der Waals surface area contributed by atoms with Gasteiger partial charge in [0.15, 0.2) is 0 Å². The van der Waals surface area contributed by atoms with E-state index in [0.29, 0.717) is 0 Å². The van der Waals surface area contributed by atoms with Crippen LogP contribution >= 0.6 is 0 Å². The first-order chi connectivity index (χ1) is 9.15. The van der Waals surface area contributed by atoms with Crippen LogP contribution in [0, 0.1) is 11.8 Å². The van der Waals surface area contributed by atoms with Crippen LogP contribution in [0.1, 0.15) is 34.1 Å². The summed E-state index contributed by atoms with van der Waals surface area (Å²) in [6.07, 6.45) is 3.12. The van der Waals surface area contributed by atoms with Gasteiger partial charge in [-0.05, 0) is 24.0 Å². The molecule has 0 fully saturated rings. The van der Waals surface area contributed by atoms with Crippen LogP contribution in [0.2, 0.25) is 0 Å². The second-order valence-corrected chi connectivity index (χ2v) is 5.21. The molecule has 0 saturated heterocycles. The molecular weight excluding hydrogens is 230 g/mol. The van der Waals surface area contributed by atoms with E-state index >= 15 is 0 Å². The topological polar surface area (TPSA) is 12.9 Å². The molecule has 1 unspecified atom stereocenters. The monoisotopic (exact) mass is 255 g/mol. The van der Waals surface area contributed by atoms with Crippen LogP contribution in [0.15, 0.2) is 54.7 Å². The van der Waals surface area contributed by atoms with Gasteiger partial charge in [0.25, 0.3) is 0 Å². The van der Waals surface area contributed by atoms with E-state index in [1.807, 2.05) is 42.6 Å². The van der Waals surface area contributed by atoms with Gasteiger partial charge in [-0.2, -0.15) is 0 Å². The molecule has 1 aromatic carbocycles. The average molecular weight is 255 g/mol. The number of hydrogen-bond acceptors (Lipinski definition) is 1. The molecule has 102 valence electrons. The van der Waals surface area contributed by atoms with Crippen molar-refractivity contribution in [3.05, 3.63) is 54.7 Å². The van der Waals surface area contributed by atoms with E-state index in [-0.39, 0.29) is 0 Å². The lowest BCUT2D eigenvalue weighted by atomic mass is 9.96. The maximum Gasteiger partial charge on any atom is 0.0701 e. The minimum absolute atomic E-state index is 0.866. The maximum atomic E-state index is 4.25. The molecule has 1 nitrogen and oxygen atoms in total. The minimum Gasteiger partial charge on any atom is -0.256 e. The Morgan fingerprint density at radius 1 is 0.895 bits per heavy atom. The van der Waals surface area contributed by atoms with Crippen LogP contribution in [0.3, 0.4) is 0 Å². The first kappa shape index (κ1) is 15.4. The Bertz CT molecular complexity index is 396. The largest absolute Gasteiger partial charge is 0.256 e. The zero-order valence-corrected chi connectivity index (χ0v) is 12.5. The Balaban J connectivity index is 0.000000224. The smallest absolute Gasteiger partial charge is 0.0701 e. The quantitative estimate of drug-likeness (QED) is 0.712. The Morgan fingerprint density at radius 2 is 1.53 bits per heavy atom. The zero-order chi connectivity index (χ0) is 14.1. The van der Waals surface area contributed by atoms with Crippen molar-refractivity contribution in [2.24, 2.45) is 11.8 Å². The molecule has 0 aliphatic carbocycles. The summed E-state index contributed by atoms with van der Waals surface area (Å²) in [5, 5.41) is 0. The second-order valence-electron chi connectivity index (χ2n) is 5.21. The molecule has 0 aliphatic heterocycles. The molecule has 0 aliphatic rings. The standard InChI is InChI=1S/C11H9N.C7H16/c1-2-6-10(7-3-1)11-8-4-5-9-12-11;1-5-7(4)6(2)3/h1-9H;6-7H,5H2,1-4H3. The van der Waals surface area contributed by atoms with Crippen LogP contribution in [0.25, 0.3) is 11.3 Å². The van der Waals surface area contributed by atoms with Crippen molar-refractivity contribution in [3.8, 4) is 11.3 Å². The number of pyridine rings is 1. The van der Waals surface area contributed by atoms with Crippen LogP contribution in [0.4, 0.5) is 0 Å². The molecule has 0 saturated carbocycles. The van der Waals surface area contributed by atoms with Gasteiger partial charge in [0.1, 0.15) is 0 Å². The van der Waals surface area contributed by atoms with Gasteiger partial charge in [-0.1, -0.05) is 70.5 Å². The zero-order valence-electron chi connectivity index (χ0n) is 12.5. The van der Waals surface area contributed by atoms with E-state index in [1.54, 1.807) is 0 Å². The van der Waals surface area contributed by atoms with Gasteiger partial charge in [-0.15, -0.1) is 0 Å². The lowest BCUT2D eigenvalue weighted by molar-refractivity contribution is 0.407. The molecule has 2 aromatic rings. The third kappa shape index (κ3) is 5.69. The predicted molar refractivity (Wildman–Crippen MR) is 84.0 cm³/mol. The summed E-state index contributed by atoms with van der Waals surface area (Å²) in [4.78, 5) is 4.25. The summed E-state index contributed by atoms with van der Waals surface area (Å²) in [6.45, 7) is 9.08. The highest BCUT2D eigenvalue weighted by Crippen LogP contribution is 2.14. The Morgan fingerprint density at radius 3 is 1.95 bits per heavy atom. The fourth-order valence-corrected chi connectivity index (χ4v) is 1.61. The lowest BCUT2D eigenvalue weighted by Crippen LogP contribution is -2.00. The number of benzene rings is 1. The summed E-state index contributed by atoms with van der Waals surface area (Å²) < 4.78 is 0. The van der Waals surface area contributed by atoms with E-state index in [0.717, 1.165) is 23.1 Å². The first-order valence-corrected chi connectivity index (χ1v) is 7.11. The van der Waals surface area contributed by atoms with E-state index in [4.69, 9.17) is 0 Å². The third-order valence-corrected chi connectivity index (χ3v) is 3.52. The molecule has 0 spiro atoms. The fraction of sp³-hybridized carbons (Fsp3) is 0.389. The van der Waals surface area contributed by atoms with Crippen molar-refractivity contribution in [1.82, 2.24) is 4.98 Å². The molecule has 1 aromatic heterocycles. The minimum atomic E-state index is 0.866. The molecule has 2 rings (SSSR count). The van der Waals surface area contributed by atoms with Gasteiger partial charge >= 0.3 is 0 Å². The molecule has 0 N–H and O–H groups in total. The van der Waals surface area contributed by atoms with Crippen LogP contribution < -0.4 is 0 Å². The van der Waals surface area contributed by atoms with Crippen LogP contribution in [-0.2, 0) is 0 Å². The van der Waals surface area contributed by atoms with Crippen molar-refractivity contribution in [2.45, 2.75) is 34.1 Å². The van der Waals surface area contributed by atoms with E-state index in [2.05, 4.69) is 44.8 Å². The van der Waals surface area contributed by atoms with Gasteiger partial charge in [0.2, 0.25) is 0 Å². The Kier molecular flexibility index (Phi) is 6.88. The van der Waals surface area contributed by atoms with Gasteiger partial charge < -0.3 is 0 Å². The highest BCUT2D eigenvalue weighted by Gasteiger charge is 2.01. The van der Waals surface area contributed by atoms with Crippen LogP contribution in [-0.4, -0.2) is 4.98 Å². The molecular formula is C18H25N. The Hall–Kier alpha value is -1.63.